The molecule has 0 saturated heterocycles. The van der Waals surface area contributed by atoms with Crippen LogP contribution in [0.15, 0.2) is 24.3 Å². The van der Waals surface area contributed by atoms with E-state index in [1.807, 2.05) is 18.2 Å². The molecule has 0 aromatic carbocycles. The van der Waals surface area contributed by atoms with E-state index < -0.39 is 50.8 Å². The second-order valence-corrected chi connectivity index (χ2v) is 14.8. The molecule has 286 valence electrons. The van der Waals surface area contributed by atoms with E-state index in [1.54, 1.807) is 6.08 Å². The van der Waals surface area contributed by atoms with Gasteiger partial charge in [-0.05, 0) is 38.0 Å². The third-order valence-electron chi connectivity index (χ3n) is 9.04. The molecule has 0 heterocycles. The van der Waals surface area contributed by atoms with Crippen LogP contribution in [0.3, 0.4) is 0 Å². The number of hydrogen-bond acceptors (Lipinski definition) is 9. The number of carbonyl (C=O) groups is 2. The van der Waals surface area contributed by atoms with Crippen LogP contribution < -0.4 is 0 Å². The number of rotatable bonds is 30. The van der Waals surface area contributed by atoms with Gasteiger partial charge >= 0.3 is 19.8 Å². The van der Waals surface area contributed by atoms with E-state index in [0.29, 0.717) is 38.5 Å². The maximum absolute atomic E-state index is 12.4. The monoisotopic (exact) mass is 718 g/mol. The smallest absolute Gasteiger partial charge is 0.462 e. The topological polar surface area (TPSA) is 180 Å². The van der Waals surface area contributed by atoms with Crippen molar-refractivity contribution in [2.75, 3.05) is 13.2 Å². The predicted octanol–water partition coefficient (Wildman–Crippen LogP) is 7.22. The zero-order chi connectivity index (χ0) is 36.3. The van der Waals surface area contributed by atoms with Crippen molar-refractivity contribution in [1.82, 2.24) is 0 Å². The number of hydrogen-bond donors (Lipinski definition) is 5. The van der Waals surface area contributed by atoms with Crippen LogP contribution in [-0.2, 0) is 28.2 Å². The van der Waals surface area contributed by atoms with Crippen LogP contribution in [0.1, 0.15) is 149 Å². The largest absolute Gasteiger partial charge is 0.469 e. The molecule has 1 saturated carbocycles. The van der Waals surface area contributed by atoms with Gasteiger partial charge in [0, 0.05) is 25.2 Å². The molecule has 0 spiro atoms. The third-order valence-corrected chi connectivity index (χ3v) is 9.53. The first kappa shape index (κ1) is 45.4. The van der Waals surface area contributed by atoms with E-state index in [0.717, 1.165) is 38.5 Å². The number of carbonyl (C=O) groups excluding carboxylic acids is 2. The summed E-state index contributed by atoms with van der Waals surface area (Å²) in [6.45, 7) is 3.35. The van der Waals surface area contributed by atoms with E-state index in [4.69, 9.17) is 19.3 Å². The molecular weight excluding hydrogens is 651 g/mol. The first-order valence-electron chi connectivity index (χ1n) is 18.9. The molecule has 0 aromatic heterocycles. The minimum absolute atomic E-state index is 0.0924. The minimum atomic E-state index is -4.80. The van der Waals surface area contributed by atoms with Gasteiger partial charge in [-0.1, -0.05) is 122 Å². The summed E-state index contributed by atoms with van der Waals surface area (Å²) in [5.41, 5.74) is 0. The maximum atomic E-state index is 12.4. The maximum Gasteiger partial charge on any atom is 0.469 e. The lowest BCUT2D eigenvalue weighted by Gasteiger charge is -2.19. The Hall–Kier alpha value is -1.59. The van der Waals surface area contributed by atoms with Crippen molar-refractivity contribution in [3.05, 3.63) is 24.3 Å². The lowest BCUT2D eigenvalue weighted by Crippen LogP contribution is -2.29. The van der Waals surface area contributed by atoms with Crippen LogP contribution in [0.5, 0.6) is 0 Å². The second-order valence-electron chi connectivity index (χ2n) is 13.5. The Morgan fingerprint density at radius 3 is 2.00 bits per heavy atom. The first-order valence-corrected chi connectivity index (χ1v) is 20.4. The van der Waals surface area contributed by atoms with Crippen LogP contribution in [0, 0.1) is 11.8 Å². The molecule has 6 atom stereocenters. The molecule has 11 nitrogen and oxygen atoms in total. The number of ether oxygens (including phenoxy) is 2. The van der Waals surface area contributed by atoms with Crippen molar-refractivity contribution in [2.24, 2.45) is 11.8 Å². The fourth-order valence-electron chi connectivity index (χ4n) is 6.13. The van der Waals surface area contributed by atoms with Crippen LogP contribution in [-0.4, -0.2) is 74.7 Å². The summed E-state index contributed by atoms with van der Waals surface area (Å²) >= 11 is 0. The van der Waals surface area contributed by atoms with E-state index in [-0.39, 0.29) is 31.3 Å². The Labute approximate surface area is 295 Å². The van der Waals surface area contributed by atoms with Crippen molar-refractivity contribution >= 4 is 19.8 Å². The van der Waals surface area contributed by atoms with Gasteiger partial charge in [0.15, 0.2) is 6.10 Å². The molecule has 0 radical (unpaired) electrons. The molecule has 1 rings (SSSR count). The molecule has 49 heavy (non-hydrogen) atoms. The molecular formula is C37H67O11P. The Bertz CT molecular complexity index is 966. The van der Waals surface area contributed by atoms with Crippen molar-refractivity contribution in [2.45, 2.75) is 173 Å². The van der Waals surface area contributed by atoms with Gasteiger partial charge in [-0.15, -0.1) is 0 Å². The Morgan fingerprint density at radius 1 is 0.776 bits per heavy atom. The summed E-state index contributed by atoms with van der Waals surface area (Å²) < 4.78 is 26.2. The molecule has 1 fully saturated rings. The van der Waals surface area contributed by atoms with Crippen LogP contribution >= 0.6 is 7.82 Å². The summed E-state index contributed by atoms with van der Waals surface area (Å²) in [7, 11) is -4.80. The fraction of sp³-hybridized carbons (Fsp3) is 0.838. The van der Waals surface area contributed by atoms with Gasteiger partial charge in [0.1, 0.15) is 6.61 Å². The van der Waals surface area contributed by atoms with E-state index in [9.17, 15) is 29.5 Å². The predicted molar refractivity (Wildman–Crippen MR) is 190 cm³/mol. The van der Waals surface area contributed by atoms with Gasteiger partial charge in [-0.2, -0.15) is 0 Å². The summed E-state index contributed by atoms with van der Waals surface area (Å²) in [4.78, 5) is 42.8. The van der Waals surface area contributed by atoms with E-state index >= 15 is 0 Å². The molecule has 0 bridgehead atoms. The average Bonchev–Trinajstić information content (AvgIpc) is 3.32. The quantitative estimate of drug-likeness (QED) is 0.0219. The minimum Gasteiger partial charge on any atom is -0.462 e. The van der Waals surface area contributed by atoms with Gasteiger partial charge in [-0.25, -0.2) is 4.57 Å². The average molecular weight is 719 g/mol. The van der Waals surface area contributed by atoms with Crippen molar-refractivity contribution in [3.63, 3.8) is 0 Å². The first-order chi connectivity index (χ1) is 23.5. The number of unbranched alkanes of at least 4 members (excludes halogenated alkanes) is 13. The van der Waals surface area contributed by atoms with Gasteiger partial charge in [-0.3, -0.25) is 14.1 Å². The zero-order valence-electron chi connectivity index (χ0n) is 30.2. The molecule has 0 unspecified atom stereocenters. The summed E-state index contributed by atoms with van der Waals surface area (Å²) in [6.07, 6.45) is 22.9. The molecule has 0 aliphatic heterocycles. The summed E-state index contributed by atoms with van der Waals surface area (Å²) in [6, 6.07) is 0. The van der Waals surface area contributed by atoms with Gasteiger partial charge in [0.25, 0.3) is 0 Å². The lowest BCUT2D eigenvalue weighted by atomic mass is 9.89. The van der Waals surface area contributed by atoms with Gasteiger partial charge < -0.3 is 34.6 Å². The highest BCUT2D eigenvalue weighted by atomic mass is 31.2. The number of allylic oxidation sites excluding steroid dienone is 2. The summed E-state index contributed by atoms with van der Waals surface area (Å²) in [5, 5.41) is 31.1. The highest BCUT2D eigenvalue weighted by Crippen LogP contribution is 2.37. The van der Waals surface area contributed by atoms with E-state index in [1.165, 1.54) is 44.9 Å². The van der Waals surface area contributed by atoms with Crippen molar-refractivity contribution in [3.8, 4) is 0 Å². The molecule has 0 amide bonds. The standard InChI is InChI=1S/C37H67O11P/c1-3-5-7-8-9-10-11-12-13-14-20-24-37(42)48-31(29-47-49(43,44)45)28-46-36(41)23-19-16-15-18-22-32-33(35(40)27-34(32)39)26-25-30(38)21-17-6-4-2/h15,18,25-26,30-35,38-40H,3-14,16-17,19-24,27-29H2,1-2H3,(H2,43,44,45)/b18-15+,26-25+/t30-,31+,32+,33+,34-,35+/m0/s1. The van der Waals surface area contributed by atoms with Gasteiger partial charge in [0.2, 0.25) is 0 Å². The normalized spacial score (nSPS) is 21.0. The van der Waals surface area contributed by atoms with Crippen molar-refractivity contribution in [1.29, 1.82) is 0 Å². The Balaban J connectivity index is 2.36. The number of aliphatic hydroxyl groups excluding tert-OH is 3. The Morgan fingerprint density at radius 2 is 1.37 bits per heavy atom. The third kappa shape index (κ3) is 24.3. The fourth-order valence-corrected chi connectivity index (χ4v) is 6.49. The second kappa shape index (κ2) is 28.1. The van der Waals surface area contributed by atoms with E-state index in [2.05, 4.69) is 18.4 Å². The Kier molecular flexibility index (Phi) is 26.0. The summed E-state index contributed by atoms with van der Waals surface area (Å²) in [5.74, 6) is -1.47. The van der Waals surface area contributed by atoms with Crippen LogP contribution in [0.25, 0.3) is 0 Å². The number of phosphoric acid groups is 1. The molecule has 5 N–H and O–H groups in total. The van der Waals surface area contributed by atoms with Crippen LogP contribution in [0.4, 0.5) is 0 Å². The lowest BCUT2D eigenvalue weighted by molar-refractivity contribution is -0.161. The number of aliphatic hydroxyl groups is 3. The SMILES string of the molecule is CCCCCCCCCCCCCC(=O)O[C@H](COC(=O)CCC/C=C/C[C@@H]1[C@@H](/C=C/[C@@H](O)CCCCC)[C@H](O)C[C@@H]1O)COP(=O)(O)O. The van der Waals surface area contributed by atoms with Gasteiger partial charge in [0.05, 0.1) is 24.9 Å². The highest BCUT2D eigenvalue weighted by molar-refractivity contribution is 7.46. The molecule has 1 aliphatic carbocycles. The molecule has 1 aliphatic rings. The zero-order valence-corrected chi connectivity index (χ0v) is 31.1. The number of esters is 2. The van der Waals surface area contributed by atoms with Crippen molar-refractivity contribution < 1.29 is 53.3 Å². The van der Waals surface area contributed by atoms with Crippen LogP contribution in [0.2, 0.25) is 0 Å². The number of phosphoric ester groups is 1. The molecule has 12 heteroatoms. The highest BCUT2D eigenvalue weighted by Gasteiger charge is 2.39. The molecule has 0 aromatic rings.